The number of amides is 3. The SMILES string of the molecule is Nc1ccc(SCC(=O)NCCCCC(NC(=O)O)C(=O)Nc2cccc3cccnc23)cc1. The number of para-hydroxylation sites is 1. The lowest BCUT2D eigenvalue weighted by Gasteiger charge is -2.17. The molecule has 2 aromatic carbocycles. The summed E-state index contributed by atoms with van der Waals surface area (Å²) in [6.45, 7) is 0.440. The molecule has 1 atom stereocenters. The third-order valence-electron chi connectivity index (χ3n) is 5.00. The van der Waals surface area contributed by atoms with Crippen molar-refractivity contribution in [1.29, 1.82) is 0 Å². The second-order valence-electron chi connectivity index (χ2n) is 7.58. The average molecular weight is 482 g/mol. The lowest BCUT2D eigenvalue weighted by Crippen LogP contribution is -2.43. The van der Waals surface area contributed by atoms with E-state index in [0.717, 1.165) is 10.3 Å². The summed E-state index contributed by atoms with van der Waals surface area (Å²) in [7, 11) is 0. The number of anilines is 2. The number of thioether (sulfide) groups is 1. The molecule has 0 aliphatic rings. The highest BCUT2D eigenvalue weighted by Crippen LogP contribution is 2.21. The van der Waals surface area contributed by atoms with Crippen molar-refractivity contribution in [3.8, 4) is 0 Å². The van der Waals surface area contributed by atoms with Crippen LogP contribution in [0.4, 0.5) is 16.2 Å². The highest BCUT2D eigenvalue weighted by atomic mass is 32.2. The van der Waals surface area contributed by atoms with E-state index in [2.05, 4.69) is 20.9 Å². The van der Waals surface area contributed by atoms with Crippen LogP contribution in [0, 0.1) is 0 Å². The van der Waals surface area contributed by atoms with Gasteiger partial charge in [-0.05, 0) is 55.7 Å². The van der Waals surface area contributed by atoms with Crippen molar-refractivity contribution in [3.05, 3.63) is 60.8 Å². The Labute approximate surface area is 201 Å². The van der Waals surface area contributed by atoms with E-state index in [1.165, 1.54) is 11.8 Å². The minimum atomic E-state index is -1.27. The molecule has 178 valence electrons. The molecule has 1 unspecified atom stereocenters. The van der Waals surface area contributed by atoms with Gasteiger partial charge >= 0.3 is 6.09 Å². The van der Waals surface area contributed by atoms with E-state index in [1.54, 1.807) is 36.5 Å². The van der Waals surface area contributed by atoms with Crippen LogP contribution >= 0.6 is 11.8 Å². The second-order valence-corrected chi connectivity index (χ2v) is 8.62. The van der Waals surface area contributed by atoms with Gasteiger partial charge in [-0.3, -0.25) is 14.6 Å². The van der Waals surface area contributed by atoms with Gasteiger partial charge in [0.1, 0.15) is 6.04 Å². The minimum absolute atomic E-state index is 0.0942. The molecule has 0 radical (unpaired) electrons. The Kier molecular flexibility index (Phi) is 9.10. The van der Waals surface area contributed by atoms with Gasteiger partial charge in [0.15, 0.2) is 0 Å². The predicted molar refractivity (Wildman–Crippen MR) is 134 cm³/mol. The van der Waals surface area contributed by atoms with E-state index < -0.39 is 18.0 Å². The summed E-state index contributed by atoms with van der Waals surface area (Å²) in [5, 5.41) is 17.9. The predicted octanol–water partition coefficient (Wildman–Crippen LogP) is 3.47. The first-order valence-electron chi connectivity index (χ1n) is 10.8. The van der Waals surface area contributed by atoms with E-state index in [4.69, 9.17) is 10.8 Å². The molecule has 6 N–H and O–H groups in total. The first-order chi connectivity index (χ1) is 16.4. The van der Waals surface area contributed by atoms with Crippen LogP contribution in [0.15, 0.2) is 65.7 Å². The molecular weight excluding hydrogens is 454 g/mol. The van der Waals surface area contributed by atoms with Crippen LogP contribution in [0.5, 0.6) is 0 Å². The number of carbonyl (C=O) groups is 3. The average Bonchev–Trinajstić information content (AvgIpc) is 2.82. The van der Waals surface area contributed by atoms with Gasteiger partial charge in [0, 0.05) is 28.7 Å². The van der Waals surface area contributed by atoms with E-state index >= 15 is 0 Å². The molecule has 9 nitrogen and oxygen atoms in total. The molecule has 3 aromatic rings. The number of hydrogen-bond acceptors (Lipinski definition) is 6. The maximum Gasteiger partial charge on any atom is 0.405 e. The van der Waals surface area contributed by atoms with Crippen LogP contribution in [0.3, 0.4) is 0 Å². The Morgan fingerprint density at radius 3 is 2.56 bits per heavy atom. The van der Waals surface area contributed by atoms with Gasteiger partial charge in [-0.25, -0.2) is 4.79 Å². The van der Waals surface area contributed by atoms with E-state index in [-0.39, 0.29) is 11.7 Å². The zero-order chi connectivity index (χ0) is 24.3. The number of nitrogens with one attached hydrogen (secondary N) is 3. The third kappa shape index (κ3) is 7.66. The molecule has 0 saturated heterocycles. The number of nitrogens with zero attached hydrogens (tertiary/aromatic N) is 1. The summed E-state index contributed by atoms with van der Waals surface area (Å²) in [5.41, 5.74) is 7.47. The topological polar surface area (TPSA) is 146 Å². The van der Waals surface area contributed by atoms with Gasteiger partial charge in [-0.15, -0.1) is 11.8 Å². The van der Waals surface area contributed by atoms with Crippen molar-refractivity contribution in [3.63, 3.8) is 0 Å². The van der Waals surface area contributed by atoms with Crippen molar-refractivity contribution in [1.82, 2.24) is 15.6 Å². The summed E-state index contributed by atoms with van der Waals surface area (Å²) < 4.78 is 0. The van der Waals surface area contributed by atoms with Gasteiger partial charge in [-0.1, -0.05) is 18.2 Å². The number of hydrogen-bond donors (Lipinski definition) is 5. The Bertz CT molecular complexity index is 1130. The number of carbonyl (C=O) groups excluding carboxylic acids is 2. The molecule has 34 heavy (non-hydrogen) atoms. The molecule has 3 amide bonds. The maximum absolute atomic E-state index is 12.8. The molecule has 0 fully saturated rings. The first kappa shape index (κ1) is 24.8. The summed E-state index contributed by atoms with van der Waals surface area (Å²) in [5.74, 6) is -0.262. The number of carboxylic acid groups (broad SMARTS) is 1. The van der Waals surface area contributed by atoms with E-state index in [9.17, 15) is 14.4 Å². The van der Waals surface area contributed by atoms with Crippen LogP contribution in [0.2, 0.25) is 0 Å². The third-order valence-corrected chi connectivity index (χ3v) is 6.01. The van der Waals surface area contributed by atoms with Crippen LogP contribution < -0.4 is 21.7 Å². The number of unbranched alkanes of at least 4 members (excludes halogenated alkanes) is 1. The molecule has 0 aliphatic heterocycles. The Morgan fingerprint density at radius 2 is 1.79 bits per heavy atom. The van der Waals surface area contributed by atoms with Gasteiger partial charge in [0.05, 0.1) is 17.0 Å². The molecule has 0 saturated carbocycles. The highest BCUT2D eigenvalue weighted by molar-refractivity contribution is 8.00. The van der Waals surface area contributed by atoms with Crippen LogP contribution in [0.25, 0.3) is 10.9 Å². The number of pyridine rings is 1. The summed E-state index contributed by atoms with van der Waals surface area (Å²) in [6.07, 6.45) is 1.82. The maximum atomic E-state index is 12.8. The van der Waals surface area contributed by atoms with Crippen molar-refractivity contribution < 1.29 is 19.5 Å². The molecule has 1 heterocycles. The standard InChI is InChI=1S/C24H27N5O4S/c25-17-9-11-18(12-10-17)34-15-21(30)26-13-2-1-7-20(29-24(32)33)23(31)28-19-8-3-5-16-6-4-14-27-22(16)19/h3-6,8-12,14,20,29H,1-2,7,13,15,25H2,(H,26,30)(H,28,31)(H,32,33). The lowest BCUT2D eigenvalue weighted by atomic mass is 10.1. The molecule has 3 rings (SSSR count). The largest absolute Gasteiger partial charge is 0.465 e. The monoisotopic (exact) mass is 481 g/mol. The second kappa shape index (κ2) is 12.4. The summed E-state index contributed by atoms with van der Waals surface area (Å²) in [6, 6.07) is 15.5. The summed E-state index contributed by atoms with van der Waals surface area (Å²) in [4.78, 5) is 41.2. The Hall–Kier alpha value is -3.79. The Morgan fingerprint density at radius 1 is 1.03 bits per heavy atom. The van der Waals surface area contributed by atoms with Crippen molar-refractivity contribution in [2.24, 2.45) is 0 Å². The van der Waals surface area contributed by atoms with Crippen molar-refractivity contribution in [2.75, 3.05) is 23.3 Å². The molecular formula is C24H27N5O4S. The van der Waals surface area contributed by atoms with Gasteiger partial charge in [0.25, 0.3) is 0 Å². The van der Waals surface area contributed by atoms with Crippen LogP contribution in [-0.2, 0) is 9.59 Å². The van der Waals surface area contributed by atoms with Crippen LogP contribution in [0.1, 0.15) is 19.3 Å². The fourth-order valence-corrected chi connectivity index (χ4v) is 4.04. The molecule has 10 heteroatoms. The molecule has 0 spiro atoms. The number of nitrogens with two attached hydrogens (primary N) is 1. The fraction of sp³-hybridized carbons (Fsp3) is 0.250. The van der Waals surface area contributed by atoms with E-state index in [1.807, 2.05) is 24.3 Å². The number of fused-ring (bicyclic) bond motifs is 1. The number of benzene rings is 2. The zero-order valence-corrected chi connectivity index (χ0v) is 19.3. The first-order valence-corrected chi connectivity index (χ1v) is 11.8. The van der Waals surface area contributed by atoms with Gasteiger partial charge in [0.2, 0.25) is 11.8 Å². The number of nitrogen functional groups attached to an aromatic ring is 1. The van der Waals surface area contributed by atoms with E-state index in [0.29, 0.717) is 42.7 Å². The van der Waals surface area contributed by atoms with Crippen molar-refractivity contribution >= 4 is 51.9 Å². The van der Waals surface area contributed by atoms with Crippen LogP contribution in [-0.4, -0.2) is 46.3 Å². The minimum Gasteiger partial charge on any atom is -0.465 e. The van der Waals surface area contributed by atoms with Gasteiger partial charge in [-0.2, -0.15) is 0 Å². The highest BCUT2D eigenvalue weighted by Gasteiger charge is 2.21. The summed E-state index contributed by atoms with van der Waals surface area (Å²) >= 11 is 1.42. The fourth-order valence-electron chi connectivity index (χ4n) is 3.31. The Balaban J connectivity index is 1.43. The number of rotatable bonds is 11. The quantitative estimate of drug-likeness (QED) is 0.160. The smallest absolute Gasteiger partial charge is 0.405 e. The van der Waals surface area contributed by atoms with Crippen molar-refractivity contribution in [2.45, 2.75) is 30.2 Å². The van der Waals surface area contributed by atoms with Gasteiger partial charge < -0.3 is 26.8 Å². The number of aromatic nitrogens is 1. The normalized spacial score (nSPS) is 11.5. The molecule has 0 bridgehead atoms. The molecule has 0 aliphatic carbocycles. The zero-order valence-electron chi connectivity index (χ0n) is 18.5. The molecule has 1 aromatic heterocycles. The lowest BCUT2D eigenvalue weighted by molar-refractivity contribution is -0.119.